The first kappa shape index (κ1) is 14.9. The fraction of sp³-hybridized carbons (Fsp3) is 0.625. The first-order chi connectivity index (χ1) is 9.69. The molecule has 2 saturated heterocycles. The van der Waals surface area contributed by atoms with Crippen molar-refractivity contribution in [3.63, 3.8) is 0 Å². The van der Waals surface area contributed by atoms with E-state index < -0.39 is 0 Å². The molecule has 1 aromatic rings. The van der Waals surface area contributed by atoms with Gasteiger partial charge in [0.25, 0.3) is 0 Å². The minimum atomic E-state index is 0.641. The van der Waals surface area contributed by atoms with Crippen LogP contribution in [0.5, 0.6) is 0 Å². The summed E-state index contributed by atoms with van der Waals surface area (Å²) < 4.78 is 2.34. The third kappa shape index (κ3) is 2.93. The van der Waals surface area contributed by atoms with E-state index in [-0.39, 0.29) is 0 Å². The summed E-state index contributed by atoms with van der Waals surface area (Å²) in [5, 5.41) is 0. The lowest BCUT2D eigenvalue weighted by molar-refractivity contribution is 0.111. The Morgan fingerprint density at radius 2 is 2.05 bits per heavy atom. The second-order valence-electron chi connectivity index (χ2n) is 5.95. The lowest BCUT2D eigenvalue weighted by Crippen LogP contribution is -2.59. The maximum Gasteiger partial charge on any atom is 0.0514 e. The van der Waals surface area contributed by atoms with Crippen molar-refractivity contribution < 1.29 is 0 Å². The predicted octanol–water partition coefficient (Wildman–Crippen LogP) is 4.66. The molecule has 20 heavy (non-hydrogen) atoms. The summed E-state index contributed by atoms with van der Waals surface area (Å²) in [6, 6.07) is 7.95. The highest BCUT2D eigenvalue weighted by molar-refractivity contribution is 9.11. The molecule has 110 valence electrons. The number of hydrogen-bond donors (Lipinski definition) is 0. The summed E-state index contributed by atoms with van der Waals surface area (Å²) in [5.74, 6) is 0. The van der Waals surface area contributed by atoms with Crippen LogP contribution in [0.3, 0.4) is 0 Å². The zero-order chi connectivity index (χ0) is 14.1. The molecule has 0 aliphatic carbocycles. The number of benzene rings is 1. The van der Waals surface area contributed by atoms with Crippen LogP contribution in [0.25, 0.3) is 0 Å². The van der Waals surface area contributed by atoms with Gasteiger partial charge in [0, 0.05) is 34.1 Å². The van der Waals surface area contributed by atoms with Gasteiger partial charge in [0.2, 0.25) is 0 Å². The highest BCUT2D eigenvalue weighted by Gasteiger charge is 2.34. The summed E-state index contributed by atoms with van der Waals surface area (Å²) in [6.07, 6.45) is 5.36. The van der Waals surface area contributed by atoms with E-state index in [0.29, 0.717) is 6.04 Å². The maximum absolute atomic E-state index is 3.74. The van der Waals surface area contributed by atoms with Gasteiger partial charge < -0.3 is 4.90 Å². The molecule has 2 nitrogen and oxygen atoms in total. The normalized spacial score (nSPS) is 27.4. The van der Waals surface area contributed by atoms with Crippen LogP contribution in [0.1, 0.15) is 32.6 Å². The van der Waals surface area contributed by atoms with E-state index in [9.17, 15) is 0 Å². The Labute approximate surface area is 138 Å². The van der Waals surface area contributed by atoms with Crippen LogP contribution in [-0.4, -0.2) is 36.6 Å². The number of piperidine rings is 1. The second-order valence-corrected chi connectivity index (χ2v) is 7.72. The van der Waals surface area contributed by atoms with Gasteiger partial charge in [-0.05, 0) is 59.9 Å². The second kappa shape index (κ2) is 6.37. The van der Waals surface area contributed by atoms with E-state index in [4.69, 9.17) is 0 Å². The number of anilines is 1. The van der Waals surface area contributed by atoms with Gasteiger partial charge in [-0.3, -0.25) is 4.90 Å². The Kier molecular flexibility index (Phi) is 4.73. The van der Waals surface area contributed by atoms with Crippen molar-refractivity contribution in [3.8, 4) is 0 Å². The molecule has 2 unspecified atom stereocenters. The summed E-state index contributed by atoms with van der Waals surface area (Å²) in [5.41, 5.74) is 1.35. The maximum atomic E-state index is 3.74. The van der Waals surface area contributed by atoms with Gasteiger partial charge in [0.05, 0.1) is 5.69 Å². The van der Waals surface area contributed by atoms with E-state index in [1.54, 1.807) is 0 Å². The quantitative estimate of drug-likeness (QED) is 0.710. The number of fused-ring (bicyclic) bond motifs is 1. The number of rotatable bonds is 2. The summed E-state index contributed by atoms with van der Waals surface area (Å²) in [4.78, 5) is 5.35. The molecule has 2 aliphatic heterocycles. The highest BCUT2D eigenvalue weighted by Crippen LogP contribution is 2.35. The molecule has 0 N–H and O–H groups in total. The molecule has 3 rings (SSSR count). The molecule has 2 atom stereocenters. The Morgan fingerprint density at radius 1 is 1.20 bits per heavy atom. The molecular formula is C16H22Br2N2. The number of nitrogens with zero attached hydrogens (tertiary/aromatic N) is 2. The largest absolute Gasteiger partial charge is 0.365 e. The molecule has 2 aliphatic rings. The average Bonchev–Trinajstić information content (AvgIpc) is 2.46. The smallest absolute Gasteiger partial charge is 0.0514 e. The van der Waals surface area contributed by atoms with Gasteiger partial charge in [0.15, 0.2) is 0 Å². The van der Waals surface area contributed by atoms with Gasteiger partial charge in [-0.2, -0.15) is 0 Å². The monoisotopic (exact) mass is 400 g/mol. The molecular weight excluding hydrogens is 380 g/mol. The van der Waals surface area contributed by atoms with E-state index in [1.807, 2.05) is 0 Å². The van der Waals surface area contributed by atoms with E-state index in [0.717, 1.165) is 10.5 Å². The molecule has 0 aromatic heterocycles. The van der Waals surface area contributed by atoms with Crippen LogP contribution in [0.4, 0.5) is 5.69 Å². The Hall–Kier alpha value is -0.0600. The van der Waals surface area contributed by atoms with E-state index >= 15 is 0 Å². The lowest BCUT2D eigenvalue weighted by atomic mass is 9.95. The molecule has 0 saturated carbocycles. The van der Waals surface area contributed by atoms with Crippen molar-refractivity contribution in [1.29, 1.82) is 0 Å². The van der Waals surface area contributed by atoms with E-state index in [1.165, 1.54) is 55.5 Å². The number of piperazine rings is 1. The first-order valence-corrected chi connectivity index (χ1v) is 9.23. The molecule has 2 fully saturated rings. The SMILES string of the molecule is CCC1CN2CCCCC2CN1c1ccc(Br)cc1Br. The molecule has 0 amide bonds. The summed E-state index contributed by atoms with van der Waals surface area (Å²) in [7, 11) is 0. The van der Waals surface area contributed by atoms with E-state index in [2.05, 4.69) is 66.8 Å². The van der Waals surface area contributed by atoms with Gasteiger partial charge in [-0.25, -0.2) is 0 Å². The van der Waals surface area contributed by atoms with Crippen molar-refractivity contribution >= 4 is 37.5 Å². The summed E-state index contributed by atoms with van der Waals surface area (Å²) >= 11 is 7.29. The highest BCUT2D eigenvalue weighted by atomic mass is 79.9. The number of halogens is 2. The van der Waals surface area contributed by atoms with Crippen molar-refractivity contribution in [2.45, 2.75) is 44.7 Å². The van der Waals surface area contributed by atoms with Crippen molar-refractivity contribution in [1.82, 2.24) is 4.90 Å². The molecule has 0 bridgehead atoms. The van der Waals surface area contributed by atoms with Crippen molar-refractivity contribution in [2.24, 2.45) is 0 Å². The fourth-order valence-corrected chi connectivity index (χ4v) is 4.89. The van der Waals surface area contributed by atoms with Crippen LogP contribution >= 0.6 is 31.9 Å². The van der Waals surface area contributed by atoms with Crippen LogP contribution in [0, 0.1) is 0 Å². The van der Waals surface area contributed by atoms with Crippen LogP contribution in [-0.2, 0) is 0 Å². The van der Waals surface area contributed by atoms with Crippen molar-refractivity contribution in [3.05, 3.63) is 27.1 Å². The predicted molar refractivity (Wildman–Crippen MR) is 92.5 cm³/mol. The van der Waals surface area contributed by atoms with Gasteiger partial charge in [-0.1, -0.05) is 29.3 Å². The zero-order valence-corrected chi connectivity index (χ0v) is 15.2. The zero-order valence-electron chi connectivity index (χ0n) is 12.0. The minimum absolute atomic E-state index is 0.641. The Morgan fingerprint density at radius 3 is 2.80 bits per heavy atom. The molecule has 0 radical (unpaired) electrons. The van der Waals surface area contributed by atoms with Crippen LogP contribution in [0.2, 0.25) is 0 Å². The van der Waals surface area contributed by atoms with Gasteiger partial charge in [-0.15, -0.1) is 0 Å². The minimum Gasteiger partial charge on any atom is -0.365 e. The van der Waals surface area contributed by atoms with Crippen LogP contribution < -0.4 is 4.90 Å². The third-order valence-corrected chi connectivity index (χ3v) is 5.86. The van der Waals surface area contributed by atoms with Gasteiger partial charge >= 0.3 is 0 Å². The molecule has 1 aromatic carbocycles. The molecule has 2 heterocycles. The van der Waals surface area contributed by atoms with Gasteiger partial charge in [0.1, 0.15) is 0 Å². The van der Waals surface area contributed by atoms with Crippen LogP contribution in [0.15, 0.2) is 27.1 Å². The topological polar surface area (TPSA) is 6.48 Å². The molecule has 0 spiro atoms. The third-order valence-electron chi connectivity index (χ3n) is 4.73. The first-order valence-electron chi connectivity index (χ1n) is 7.64. The summed E-state index contributed by atoms with van der Waals surface area (Å²) in [6.45, 7) is 6.02. The Balaban J connectivity index is 1.86. The lowest BCUT2D eigenvalue weighted by Gasteiger charge is -2.49. The Bertz CT molecular complexity index is 478. The fourth-order valence-electron chi connectivity index (χ4n) is 3.61. The average molecular weight is 402 g/mol. The standard InChI is InChI=1S/C16H22Br2N2/c1-2-13-10-19-8-4-3-5-14(19)11-20(13)16-7-6-12(17)9-15(16)18/h6-7,9,13-14H,2-5,8,10-11H2,1H3. The number of hydrogen-bond acceptors (Lipinski definition) is 2. The van der Waals surface area contributed by atoms with Crippen molar-refractivity contribution in [2.75, 3.05) is 24.5 Å². The molecule has 4 heteroatoms.